The van der Waals surface area contributed by atoms with E-state index in [9.17, 15) is 15.0 Å². The van der Waals surface area contributed by atoms with E-state index in [1.165, 1.54) is 82.4 Å². The average molecular weight is 350 g/mol. The Morgan fingerprint density at radius 3 is 1.92 bits per heavy atom. The van der Waals surface area contributed by atoms with E-state index in [1.54, 1.807) is 0 Å². The molecule has 1 rings (SSSR count). The van der Waals surface area contributed by atoms with Gasteiger partial charge in [-0.3, -0.25) is 0 Å². The second kappa shape index (κ2) is 13.6. The molecule has 4 heteroatoms. The molecule has 0 aliphatic rings. The molecule has 25 heavy (non-hydrogen) atoms. The highest BCUT2D eigenvalue weighted by Crippen LogP contribution is 2.28. The molecule has 0 aromatic heterocycles. The lowest BCUT2D eigenvalue weighted by molar-refractivity contribution is 0.0493. The number of aromatic hydroxyl groups is 2. The molecule has 0 bridgehead atoms. The lowest BCUT2D eigenvalue weighted by atomic mass is 10.1. The van der Waals surface area contributed by atoms with Gasteiger partial charge in [-0.15, -0.1) is 0 Å². The highest BCUT2D eigenvalue weighted by molar-refractivity contribution is 5.93. The smallest absolute Gasteiger partial charge is 0.342 e. The van der Waals surface area contributed by atoms with Crippen LogP contribution in [0.3, 0.4) is 0 Å². The minimum Gasteiger partial charge on any atom is -0.504 e. The van der Waals surface area contributed by atoms with Crippen molar-refractivity contribution in [1.82, 2.24) is 0 Å². The van der Waals surface area contributed by atoms with Gasteiger partial charge < -0.3 is 14.9 Å². The predicted octanol–water partition coefficient (Wildman–Crippen LogP) is 5.96. The lowest BCUT2D eigenvalue weighted by Crippen LogP contribution is -2.06. The van der Waals surface area contributed by atoms with Crippen LogP contribution in [-0.2, 0) is 4.74 Å². The van der Waals surface area contributed by atoms with Gasteiger partial charge in [-0.25, -0.2) is 4.79 Å². The number of carbonyl (C=O) groups excluding carboxylic acids is 1. The SMILES string of the molecule is CCCCCCCCCCCCCCOC(=O)c1cccc(O)c1O. The second-order valence-electron chi connectivity index (χ2n) is 6.70. The summed E-state index contributed by atoms with van der Waals surface area (Å²) in [6.07, 6.45) is 15.1. The van der Waals surface area contributed by atoms with Gasteiger partial charge in [0.15, 0.2) is 11.5 Å². The van der Waals surface area contributed by atoms with Crippen molar-refractivity contribution < 1.29 is 19.7 Å². The number of rotatable bonds is 14. The van der Waals surface area contributed by atoms with E-state index in [-0.39, 0.29) is 11.3 Å². The number of phenols is 2. The molecule has 0 saturated heterocycles. The van der Waals surface area contributed by atoms with Crippen molar-refractivity contribution in [3.63, 3.8) is 0 Å². The van der Waals surface area contributed by atoms with Crippen molar-refractivity contribution in [2.24, 2.45) is 0 Å². The van der Waals surface area contributed by atoms with Crippen molar-refractivity contribution in [3.8, 4) is 11.5 Å². The summed E-state index contributed by atoms with van der Waals surface area (Å²) in [6, 6.07) is 4.28. The number of unbranched alkanes of at least 4 members (excludes halogenated alkanes) is 11. The van der Waals surface area contributed by atoms with Crippen molar-refractivity contribution in [2.45, 2.75) is 84.0 Å². The van der Waals surface area contributed by atoms with Gasteiger partial charge in [-0.2, -0.15) is 0 Å². The summed E-state index contributed by atoms with van der Waals surface area (Å²) in [6.45, 7) is 2.60. The molecule has 0 fully saturated rings. The van der Waals surface area contributed by atoms with Gasteiger partial charge >= 0.3 is 5.97 Å². The highest BCUT2D eigenvalue weighted by Gasteiger charge is 2.14. The van der Waals surface area contributed by atoms with Crippen LogP contribution in [0.4, 0.5) is 0 Å². The molecule has 142 valence electrons. The average Bonchev–Trinajstić information content (AvgIpc) is 2.61. The van der Waals surface area contributed by atoms with Crippen LogP contribution in [0.25, 0.3) is 0 Å². The molecule has 0 saturated carbocycles. The number of carbonyl (C=O) groups is 1. The first kappa shape index (κ1) is 21.3. The van der Waals surface area contributed by atoms with Crippen LogP contribution < -0.4 is 0 Å². The third kappa shape index (κ3) is 9.37. The third-order valence-corrected chi connectivity index (χ3v) is 4.47. The molecule has 0 spiro atoms. The molecule has 0 aliphatic carbocycles. The minimum atomic E-state index is -0.587. The van der Waals surface area contributed by atoms with Crippen LogP contribution in [0.1, 0.15) is 94.3 Å². The normalized spacial score (nSPS) is 10.8. The maximum Gasteiger partial charge on any atom is 0.342 e. The summed E-state index contributed by atoms with van der Waals surface area (Å²) in [5.74, 6) is -1.31. The molecule has 0 atom stereocenters. The zero-order valence-corrected chi connectivity index (χ0v) is 15.6. The number of para-hydroxylation sites is 1. The monoisotopic (exact) mass is 350 g/mol. The van der Waals surface area contributed by atoms with Crippen LogP contribution in [0, 0.1) is 0 Å². The van der Waals surface area contributed by atoms with Gasteiger partial charge in [0.2, 0.25) is 0 Å². The van der Waals surface area contributed by atoms with Gasteiger partial charge in [-0.05, 0) is 18.6 Å². The predicted molar refractivity (Wildman–Crippen MR) is 101 cm³/mol. The molecule has 1 aromatic rings. The fraction of sp³-hybridized carbons (Fsp3) is 0.667. The first-order valence-electron chi connectivity index (χ1n) is 9.85. The summed E-state index contributed by atoms with van der Waals surface area (Å²) in [5, 5.41) is 19.0. The maximum atomic E-state index is 11.8. The van der Waals surface area contributed by atoms with E-state index >= 15 is 0 Å². The standard InChI is InChI=1S/C21H34O4/c1-2-3-4-5-6-7-8-9-10-11-12-13-17-25-21(24)18-15-14-16-19(22)20(18)23/h14-16,22-23H,2-13,17H2,1H3. The fourth-order valence-electron chi connectivity index (χ4n) is 2.88. The zero-order valence-electron chi connectivity index (χ0n) is 15.6. The number of ether oxygens (including phenoxy) is 1. The largest absolute Gasteiger partial charge is 0.504 e. The van der Waals surface area contributed by atoms with E-state index in [0.29, 0.717) is 6.61 Å². The molecule has 0 unspecified atom stereocenters. The van der Waals surface area contributed by atoms with Crippen LogP contribution in [0.15, 0.2) is 18.2 Å². The van der Waals surface area contributed by atoms with Crippen molar-refractivity contribution in [3.05, 3.63) is 23.8 Å². The van der Waals surface area contributed by atoms with Crippen LogP contribution in [0.2, 0.25) is 0 Å². The topological polar surface area (TPSA) is 66.8 Å². The Kier molecular flexibility index (Phi) is 11.6. The molecule has 1 aromatic carbocycles. The molecule has 2 N–H and O–H groups in total. The Morgan fingerprint density at radius 2 is 1.36 bits per heavy atom. The van der Waals surface area contributed by atoms with E-state index in [4.69, 9.17) is 4.74 Å². The van der Waals surface area contributed by atoms with Gasteiger partial charge in [0.1, 0.15) is 5.56 Å². The Hall–Kier alpha value is -1.71. The van der Waals surface area contributed by atoms with Gasteiger partial charge in [0.25, 0.3) is 0 Å². The molecule has 4 nitrogen and oxygen atoms in total. The van der Waals surface area contributed by atoms with Crippen LogP contribution in [-0.4, -0.2) is 22.8 Å². The second-order valence-corrected chi connectivity index (χ2v) is 6.70. The van der Waals surface area contributed by atoms with E-state index in [0.717, 1.165) is 12.8 Å². The van der Waals surface area contributed by atoms with E-state index in [2.05, 4.69) is 6.92 Å². The highest BCUT2D eigenvalue weighted by atomic mass is 16.5. The van der Waals surface area contributed by atoms with Crippen LogP contribution >= 0.6 is 0 Å². The minimum absolute atomic E-state index is 0.0129. The Bertz CT molecular complexity index is 485. The molecular weight excluding hydrogens is 316 g/mol. The Morgan fingerprint density at radius 1 is 0.840 bits per heavy atom. The summed E-state index contributed by atoms with van der Waals surface area (Å²) >= 11 is 0. The first-order valence-corrected chi connectivity index (χ1v) is 9.85. The molecule has 0 radical (unpaired) electrons. The van der Waals surface area contributed by atoms with E-state index < -0.39 is 11.7 Å². The molecular formula is C21H34O4. The maximum absolute atomic E-state index is 11.8. The number of hydrogen-bond donors (Lipinski definition) is 2. The van der Waals surface area contributed by atoms with Crippen molar-refractivity contribution in [2.75, 3.05) is 6.61 Å². The summed E-state index contributed by atoms with van der Waals surface area (Å²) in [4.78, 5) is 11.8. The Balaban J connectivity index is 1.95. The molecule has 0 amide bonds. The van der Waals surface area contributed by atoms with Crippen molar-refractivity contribution >= 4 is 5.97 Å². The summed E-state index contributed by atoms with van der Waals surface area (Å²) in [5.41, 5.74) is 0.0129. The van der Waals surface area contributed by atoms with Gasteiger partial charge in [0.05, 0.1) is 6.61 Å². The zero-order chi connectivity index (χ0) is 18.3. The summed E-state index contributed by atoms with van der Waals surface area (Å²) in [7, 11) is 0. The van der Waals surface area contributed by atoms with Crippen molar-refractivity contribution in [1.29, 1.82) is 0 Å². The van der Waals surface area contributed by atoms with E-state index in [1.807, 2.05) is 0 Å². The lowest BCUT2D eigenvalue weighted by Gasteiger charge is -2.07. The fourth-order valence-corrected chi connectivity index (χ4v) is 2.88. The van der Waals surface area contributed by atoms with Gasteiger partial charge in [-0.1, -0.05) is 83.6 Å². The quantitative estimate of drug-likeness (QED) is 0.247. The molecule has 0 aliphatic heterocycles. The number of phenolic OH excluding ortho intramolecular Hbond substituents is 2. The first-order chi connectivity index (χ1) is 12.2. The number of esters is 1. The third-order valence-electron chi connectivity index (χ3n) is 4.47. The number of hydrogen-bond acceptors (Lipinski definition) is 4. The Labute approximate surface area is 152 Å². The van der Waals surface area contributed by atoms with Crippen LogP contribution in [0.5, 0.6) is 11.5 Å². The van der Waals surface area contributed by atoms with Gasteiger partial charge in [0, 0.05) is 0 Å². The number of benzene rings is 1. The summed E-state index contributed by atoms with van der Waals surface area (Å²) < 4.78 is 5.15. The molecule has 0 heterocycles.